The van der Waals surface area contributed by atoms with Crippen LogP contribution < -0.4 is 5.73 Å². The average molecular weight is 279 g/mol. The average Bonchev–Trinajstić information content (AvgIpc) is 2.89. The molecule has 1 heterocycles. The summed E-state index contributed by atoms with van der Waals surface area (Å²) in [5.41, 5.74) is 5.62. The van der Waals surface area contributed by atoms with Gasteiger partial charge in [-0.1, -0.05) is 44.6 Å². The highest BCUT2D eigenvalue weighted by Crippen LogP contribution is 2.13. The van der Waals surface area contributed by atoms with E-state index in [-0.39, 0.29) is 0 Å². The minimum Gasteiger partial charge on any atom is -0.357 e. The molecule has 0 saturated carbocycles. The lowest BCUT2D eigenvalue weighted by Gasteiger charge is -2.19. The van der Waals surface area contributed by atoms with E-state index >= 15 is 0 Å². The number of hydrogen-bond donors (Lipinski definition) is 1. The smallest absolute Gasteiger partial charge is 0.0990 e. The van der Waals surface area contributed by atoms with Crippen molar-refractivity contribution in [3.63, 3.8) is 0 Å². The zero-order chi connectivity index (χ0) is 14.5. The number of hydrogen-bond acceptors (Lipinski definition) is 3. The Balaban J connectivity index is 1.88. The number of allylic oxidation sites excluding steroid dienone is 1. The Kier molecular flexibility index (Phi) is 10.3. The number of amidine groups is 1. The Bertz CT molecular complexity index is 273. The summed E-state index contributed by atoms with van der Waals surface area (Å²) in [4.78, 5) is 6.95. The summed E-state index contributed by atoms with van der Waals surface area (Å²) in [7, 11) is 0. The Hall–Kier alpha value is -0.830. The highest BCUT2D eigenvalue weighted by molar-refractivity contribution is 5.83. The molecule has 0 aromatic heterocycles. The summed E-state index contributed by atoms with van der Waals surface area (Å²) in [6.07, 6.45) is 15.3. The molecule has 0 bridgehead atoms. The van der Waals surface area contributed by atoms with Gasteiger partial charge in [-0.2, -0.15) is 0 Å². The first-order valence-corrected chi connectivity index (χ1v) is 8.47. The van der Waals surface area contributed by atoms with Crippen LogP contribution in [0.4, 0.5) is 0 Å². The van der Waals surface area contributed by atoms with Crippen molar-refractivity contribution in [1.29, 1.82) is 0 Å². The molecule has 3 heteroatoms. The first-order chi connectivity index (χ1) is 9.88. The van der Waals surface area contributed by atoms with Crippen LogP contribution in [0.3, 0.4) is 0 Å². The van der Waals surface area contributed by atoms with Crippen molar-refractivity contribution in [1.82, 2.24) is 4.90 Å². The molecule has 116 valence electrons. The van der Waals surface area contributed by atoms with Crippen LogP contribution in [-0.4, -0.2) is 36.9 Å². The predicted molar refractivity (Wildman–Crippen MR) is 89.3 cm³/mol. The molecule has 1 aliphatic heterocycles. The minimum atomic E-state index is 0.741. The van der Waals surface area contributed by atoms with Gasteiger partial charge >= 0.3 is 0 Å². The molecule has 0 unspecified atom stereocenters. The van der Waals surface area contributed by atoms with Crippen LogP contribution >= 0.6 is 0 Å². The van der Waals surface area contributed by atoms with Crippen molar-refractivity contribution in [2.75, 3.05) is 26.2 Å². The normalized spacial score (nSPS) is 14.7. The van der Waals surface area contributed by atoms with E-state index in [4.69, 9.17) is 5.73 Å². The van der Waals surface area contributed by atoms with Gasteiger partial charge in [-0.3, -0.25) is 4.99 Å². The number of aliphatic imine (C=N–C) groups is 1. The molecular weight excluding hydrogens is 246 g/mol. The fourth-order valence-corrected chi connectivity index (χ4v) is 2.80. The topological polar surface area (TPSA) is 41.6 Å². The van der Waals surface area contributed by atoms with Gasteiger partial charge < -0.3 is 10.6 Å². The van der Waals surface area contributed by atoms with Crippen LogP contribution in [0.25, 0.3) is 0 Å². The monoisotopic (exact) mass is 279 g/mol. The fraction of sp³-hybridized carbons (Fsp3) is 0.824. The van der Waals surface area contributed by atoms with Gasteiger partial charge in [0.15, 0.2) is 0 Å². The first-order valence-electron chi connectivity index (χ1n) is 8.47. The van der Waals surface area contributed by atoms with Crippen molar-refractivity contribution in [2.45, 2.75) is 64.2 Å². The second kappa shape index (κ2) is 12.0. The molecule has 0 saturated heterocycles. The standard InChI is InChI=1S/C17H33N3/c1-2-3-4-5-6-7-8-9-10-11-12-17-19-14-16-20(17)15-13-18/h2H,1,3-16,18H2. The lowest BCUT2D eigenvalue weighted by molar-refractivity contribution is 0.456. The van der Waals surface area contributed by atoms with E-state index in [0.717, 1.165) is 32.6 Å². The van der Waals surface area contributed by atoms with Gasteiger partial charge in [0.1, 0.15) is 0 Å². The van der Waals surface area contributed by atoms with E-state index in [9.17, 15) is 0 Å². The summed E-state index contributed by atoms with van der Waals surface area (Å²) >= 11 is 0. The molecule has 0 radical (unpaired) electrons. The second-order valence-electron chi connectivity index (χ2n) is 5.73. The lowest BCUT2D eigenvalue weighted by Crippen LogP contribution is -2.32. The van der Waals surface area contributed by atoms with E-state index in [1.807, 2.05) is 6.08 Å². The van der Waals surface area contributed by atoms with Gasteiger partial charge in [-0.05, 0) is 19.3 Å². The minimum absolute atomic E-state index is 0.741. The van der Waals surface area contributed by atoms with E-state index < -0.39 is 0 Å². The second-order valence-corrected chi connectivity index (χ2v) is 5.73. The summed E-state index contributed by atoms with van der Waals surface area (Å²) in [5.74, 6) is 1.31. The Morgan fingerprint density at radius 2 is 1.70 bits per heavy atom. The molecule has 1 aliphatic rings. The maximum absolute atomic E-state index is 5.62. The zero-order valence-electron chi connectivity index (χ0n) is 13.2. The number of nitrogens with two attached hydrogens (primary N) is 1. The largest absolute Gasteiger partial charge is 0.357 e. The zero-order valence-corrected chi connectivity index (χ0v) is 13.2. The molecule has 20 heavy (non-hydrogen) atoms. The number of rotatable bonds is 13. The third-order valence-corrected chi connectivity index (χ3v) is 3.99. The molecule has 0 aromatic rings. The van der Waals surface area contributed by atoms with Crippen LogP contribution in [0, 0.1) is 0 Å². The molecule has 1 rings (SSSR count). The van der Waals surface area contributed by atoms with Crippen LogP contribution in [0.5, 0.6) is 0 Å². The third kappa shape index (κ3) is 7.68. The molecular formula is C17H33N3. The van der Waals surface area contributed by atoms with Crippen molar-refractivity contribution in [2.24, 2.45) is 10.7 Å². The summed E-state index contributed by atoms with van der Waals surface area (Å²) in [6.45, 7) is 7.53. The van der Waals surface area contributed by atoms with Crippen molar-refractivity contribution in [3.05, 3.63) is 12.7 Å². The van der Waals surface area contributed by atoms with Gasteiger partial charge in [-0.15, -0.1) is 6.58 Å². The third-order valence-electron chi connectivity index (χ3n) is 3.99. The molecule has 0 spiro atoms. The summed E-state index contributed by atoms with van der Waals surface area (Å²) in [6, 6.07) is 0. The molecule has 0 aliphatic carbocycles. The van der Waals surface area contributed by atoms with Crippen LogP contribution in [0.2, 0.25) is 0 Å². The molecule has 3 nitrogen and oxygen atoms in total. The molecule has 0 aromatic carbocycles. The van der Waals surface area contributed by atoms with Gasteiger partial charge in [0.05, 0.1) is 12.4 Å². The predicted octanol–water partition coefficient (Wildman–Crippen LogP) is 3.75. The van der Waals surface area contributed by atoms with E-state index in [0.29, 0.717) is 0 Å². The Labute approximate surface area is 125 Å². The maximum atomic E-state index is 5.62. The SMILES string of the molecule is C=CCCCCCCCCCCC1=NCCN1CCN. The van der Waals surface area contributed by atoms with Gasteiger partial charge in [0.2, 0.25) is 0 Å². The fourth-order valence-electron chi connectivity index (χ4n) is 2.80. The number of unbranched alkanes of at least 4 members (excludes halogenated alkanes) is 8. The Morgan fingerprint density at radius 3 is 2.35 bits per heavy atom. The van der Waals surface area contributed by atoms with Gasteiger partial charge in [0, 0.05) is 26.1 Å². The van der Waals surface area contributed by atoms with Crippen molar-refractivity contribution >= 4 is 5.84 Å². The van der Waals surface area contributed by atoms with Crippen LogP contribution in [-0.2, 0) is 0 Å². The van der Waals surface area contributed by atoms with E-state index in [2.05, 4.69) is 16.5 Å². The highest BCUT2D eigenvalue weighted by Gasteiger charge is 2.14. The molecule has 0 atom stereocenters. The van der Waals surface area contributed by atoms with E-state index in [1.165, 1.54) is 63.6 Å². The lowest BCUT2D eigenvalue weighted by atomic mass is 10.1. The van der Waals surface area contributed by atoms with Gasteiger partial charge in [-0.25, -0.2) is 0 Å². The van der Waals surface area contributed by atoms with Gasteiger partial charge in [0.25, 0.3) is 0 Å². The van der Waals surface area contributed by atoms with Crippen LogP contribution in [0.1, 0.15) is 64.2 Å². The molecule has 0 fully saturated rings. The first kappa shape index (κ1) is 17.2. The summed E-state index contributed by atoms with van der Waals surface area (Å²) in [5, 5.41) is 0. The van der Waals surface area contributed by atoms with E-state index in [1.54, 1.807) is 0 Å². The quantitative estimate of drug-likeness (QED) is 0.412. The Morgan fingerprint density at radius 1 is 1.05 bits per heavy atom. The van der Waals surface area contributed by atoms with Crippen molar-refractivity contribution < 1.29 is 0 Å². The van der Waals surface area contributed by atoms with Crippen molar-refractivity contribution in [3.8, 4) is 0 Å². The molecule has 2 N–H and O–H groups in total. The summed E-state index contributed by atoms with van der Waals surface area (Å²) < 4.78 is 0. The number of nitrogens with zero attached hydrogens (tertiary/aromatic N) is 2. The highest BCUT2D eigenvalue weighted by atomic mass is 15.2. The van der Waals surface area contributed by atoms with Crippen LogP contribution in [0.15, 0.2) is 17.6 Å². The maximum Gasteiger partial charge on any atom is 0.0990 e. The molecule has 0 amide bonds.